The molecule has 0 spiro atoms. The fourth-order valence-electron chi connectivity index (χ4n) is 6.75. The lowest BCUT2D eigenvalue weighted by Gasteiger charge is -2.43. The smallest absolute Gasteiger partial charge is 0.325 e. The minimum atomic E-state index is -0.558. The molecule has 1 heterocycles. The number of urea groups is 1. The van der Waals surface area contributed by atoms with Crippen molar-refractivity contribution in [3.05, 3.63) is 108 Å². The third-order valence-electron chi connectivity index (χ3n) is 9.39. The highest BCUT2D eigenvalue weighted by molar-refractivity contribution is 5.81. The number of carbonyl (C=O) groups excluding carboxylic acids is 2. The van der Waals surface area contributed by atoms with Gasteiger partial charge >= 0.3 is 12.0 Å². The Balaban J connectivity index is 1.33. The topological polar surface area (TPSA) is 109 Å². The van der Waals surface area contributed by atoms with Crippen molar-refractivity contribution in [3.63, 3.8) is 0 Å². The molecule has 3 aromatic carbocycles. The van der Waals surface area contributed by atoms with Crippen molar-refractivity contribution in [1.82, 2.24) is 15.5 Å². The van der Waals surface area contributed by atoms with Gasteiger partial charge in [0.2, 0.25) is 0 Å². The molecule has 1 aliphatic heterocycles. The second kappa shape index (κ2) is 17.4. The van der Waals surface area contributed by atoms with Crippen LogP contribution in [0.3, 0.4) is 0 Å². The predicted molar refractivity (Wildman–Crippen MR) is 186 cm³/mol. The fraction of sp³-hybridized carbons (Fsp3) is 0.436. The quantitative estimate of drug-likeness (QED) is 0.136. The third-order valence-corrected chi connectivity index (χ3v) is 9.39. The number of nitrogens with zero attached hydrogens (tertiary/aromatic N) is 1. The number of aliphatic hydroxyl groups excluding tert-OH is 1. The number of benzene rings is 3. The first kappa shape index (κ1) is 35.3. The van der Waals surface area contributed by atoms with E-state index in [2.05, 4.69) is 53.3 Å². The number of hydrogen-bond donors (Lipinski definition) is 3. The zero-order valence-corrected chi connectivity index (χ0v) is 28.1. The second-order valence-electron chi connectivity index (χ2n) is 12.6. The Morgan fingerprint density at radius 1 is 0.979 bits per heavy atom. The largest absolute Gasteiger partial charge is 0.465 e. The molecule has 2 fully saturated rings. The number of esters is 1. The SMILES string of the molecule is C=CCN(CC1OC(c2ccc(-c3ccccc3CNC(=O)NCC(=O)OCC)cc2)OC(c2ccc(CO)cc2)C1C)C1CCCC1. The van der Waals surface area contributed by atoms with E-state index in [0.29, 0.717) is 12.6 Å². The molecule has 48 heavy (non-hydrogen) atoms. The molecule has 2 aliphatic rings. The van der Waals surface area contributed by atoms with E-state index in [1.165, 1.54) is 25.7 Å². The van der Waals surface area contributed by atoms with Gasteiger partial charge in [-0.3, -0.25) is 9.69 Å². The molecule has 4 atom stereocenters. The minimum Gasteiger partial charge on any atom is -0.465 e. The van der Waals surface area contributed by atoms with Crippen molar-refractivity contribution in [2.24, 2.45) is 5.92 Å². The molecule has 1 saturated heterocycles. The molecule has 3 aromatic rings. The van der Waals surface area contributed by atoms with Crippen LogP contribution in [-0.2, 0) is 32.2 Å². The van der Waals surface area contributed by atoms with E-state index in [9.17, 15) is 14.7 Å². The zero-order chi connectivity index (χ0) is 33.9. The Bertz CT molecular complexity index is 1490. The summed E-state index contributed by atoms with van der Waals surface area (Å²) in [5, 5.41) is 15.0. The number of rotatable bonds is 14. The molecule has 2 amide bonds. The molecule has 0 aromatic heterocycles. The van der Waals surface area contributed by atoms with Gasteiger partial charge in [0.25, 0.3) is 0 Å². The third kappa shape index (κ3) is 9.11. The normalized spacial score (nSPS) is 21.2. The van der Waals surface area contributed by atoms with Gasteiger partial charge < -0.3 is 30.0 Å². The molecule has 0 bridgehead atoms. The van der Waals surface area contributed by atoms with Crippen LogP contribution in [0, 0.1) is 5.92 Å². The molecule has 9 heteroatoms. The molecule has 4 unspecified atom stereocenters. The number of nitrogens with one attached hydrogen (secondary N) is 2. The summed E-state index contributed by atoms with van der Waals surface area (Å²) in [6.07, 6.45) is 6.13. The lowest BCUT2D eigenvalue weighted by atomic mass is 9.89. The van der Waals surface area contributed by atoms with Crippen LogP contribution in [0.2, 0.25) is 0 Å². The highest BCUT2D eigenvalue weighted by Gasteiger charge is 2.40. The van der Waals surface area contributed by atoms with Crippen molar-refractivity contribution < 1.29 is 28.9 Å². The first-order valence-electron chi connectivity index (χ1n) is 17.1. The van der Waals surface area contributed by atoms with Crippen LogP contribution in [0.15, 0.2) is 85.5 Å². The molecule has 1 saturated carbocycles. The molecule has 9 nitrogen and oxygen atoms in total. The van der Waals surface area contributed by atoms with Gasteiger partial charge in [0, 0.05) is 37.2 Å². The number of amides is 2. The number of ether oxygens (including phenoxy) is 3. The van der Waals surface area contributed by atoms with Gasteiger partial charge in [0.15, 0.2) is 6.29 Å². The summed E-state index contributed by atoms with van der Waals surface area (Å²) in [5.41, 5.74) is 5.80. The predicted octanol–water partition coefficient (Wildman–Crippen LogP) is 6.43. The molecular weight excluding hydrogens is 606 g/mol. The molecule has 3 N–H and O–H groups in total. The van der Waals surface area contributed by atoms with Crippen LogP contribution >= 0.6 is 0 Å². The zero-order valence-electron chi connectivity index (χ0n) is 28.1. The lowest BCUT2D eigenvalue weighted by molar-refractivity contribution is -0.276. The average molecular weight is 656 g/mol. The maximum absolute atomic E-state index is 12.3. The van der Waals surface area contributed by atoms with E-state index in [1.54, 1.807) is 6.92 Å². The van der Waals surface area contributed by atoms with Crippen molar-refractivity contribution >= 4 is 12.0 Å². The maximum atomic E-state index is 12.3. The fourth-order valence-corrected chi connectivity index (χ4v) is 6.75. The van der Waals surface area contributed by atoms with Gasteiger partial charge in [-0.2, -0.15) is 0 Å². The van der Waals surface area contributed by atoms with Crippen LogP contribution < -0.4 is 10.6 Å². The highest BCUT2D eigenvalue weighted by Crippen LogP contribution is 2.42. The van der Waals surface area contributed by atoms with Crippen LogP contribution in [-0.4, -0.2) is 60.4 Å². The van der Waals surface area contributed by atoms with Crippen LogP contribution in [0.1, 0.15) is 74.2 Å². The standard InChI is InChI=1S/C39H49N3O6/c1-4-22-42(33-11-7-8-12-33)25-35-27(3)37(30-16-14-28(26-43)15-17-30)48-38(47-35)31-20-18-29(19-21-31)34-13-9-6-10-32(34)23-40-39(45)41-24-36(44)46-5-2/h4,6,9-10,13-21,27,33,35,37-38,43H,1,5,7-8,11-12,22-26H2,2-3H3,(H2,40,41,45). The molecule has 256 valence electrons. The van der Waals surface area contributed by atoms with E-state index < -0.39 is 18.3 Å². The van der Waals surface area contributed by atoms with Crippen molar-refractivity contribution in [3.8, 4) is 11.1 Å². The number of aliphatic hydroxyl groups is 1. The molecular formula is C39H49N3O6. The van der Waals surface area contributed by atoms with E-state index in [4.69, 9.17) is 14.2 Å². The molecule has 0 radical (unpaired) electrons. The average Bonchev–Trinajstić information content (AvgIpc) is 3.66. The Kier molecular flexibility index (Phi) is 12.8. The minimum absolute atomic E-state index is 0.00183. The number of carbonyl (C=O) groups is 2. The molecule has 5 rings (SSSR count). The van der Waals surface area contributed by atoms with Gasteiger partial charge in [0.1, 0.15) is 6.54 Å². The Labute approximate surface area is 284 Å². The van der Waals surface area contributed by atoms with Crippen LogP contribution in [0.25, 0.3) is 11.1 Å². The van der Waals surface area contributed by atoms with Crippen LogP contribution in [0.5, 0.6) is 0 Å². The van der Waals surface area contributed by atoms with Gasteiger partial charge in [-0.1, -0.05) is 98.6 Å². The summed E-state index contributed by atoms with van der Waals surface area (Å²) in [6, 6.07) is 24.2. The Morgan fingerprint density at radius 3 is 2.38 bits per heavy atom. The summed E-state index contributed by atoms with van der Waals surface area (Å²) < 4.78 is 18.4. The van der Waals surface area contributed by atoms with Gasteiger partial charge in [-0.05, 0) is 47.6 Å². The summed E-state index contributed by atoms with van der Waals surface area (Å²) in [6.45, 7) is 9.97. The van der Waals surface area contributed by atoms with Gasteiger partial charge in [-0.25, -0.2) is 4.79 Å². The Morgan fingerprint density at radius 2 is 1.69 bits per heavy atom. The number of hydrogen-bond acceptors (Lipinski definition) is 7. The van der Waals surface area contributed by atoms with Gasteiger partial charge in [0.05, 0.1) is 25.4 Å². The summed E-state index contributed by atoms with van der Waals surface area (Å²) >= 11 is 0. The lowest BCUT2D eigenvalue weighted by Crippen LogP contribution is -2.47. The first-order chi connectivity index (χ1) is 23.4. The summed E-state index contributed by atoms with van der Waals surface area (Å²) in [4.78, 5) is 26.4. The van der Waals surface area contributed by atoms with E-state index in [0.717, 1.165) is 46.5 Å². The second-order valence-corrected chi connectivity index (χ2v) is 12.6. The Hall–Kier alpha value is -4.02. The monoisotopic (exact) mass is 655 g/mol. The summed E-state index contributed by atoms with van der Waals surface area (Å²) in [5.74, 6) is -0.378. The van der Waals surface area contributed by atoms with Crippen molar-refractivity contribution in [2.45, 2.75) is 77.2 Å². The summed E-state index contributed by atoms with van der Waals surface area (Å²) in [7, 11) is 0. The van der Waals surface area contributed by atoms with E-state index >= 15 is 0 Å². The molecule has 1 aliphatic carbocycles. The van der Waals surface area contributed by atoms with E-state index in [1.807, 2.05) is 54.6 Å². The maximum Gasteiger partial charge on any atom is 0.325 e. The first-order valence-corrected chi connectivity index (χ1v) is 17.1. The van der Waals surface area contributed by atoms with Crippen molar-refractivity contribution in [1.29, 1.82) is 0 Å². The highest BCUT2D eigenvalue weighted by atomic mass is 16.7. The van der Waals surface area contributed by atoms with Gasteiger partial charge in [-0.15, -0.1) is 6.58 Å². The van der Waals surface area contributed by atoms with Crippen molar-refractivity contribution in [2.75, 3.05) is 26.2 Å². The van der Waals surface area contributed by atoms with E-state index in [-0.39, 0.29) is 37.9 Å². The van der Waals surface area contributed by atoms with Crippen LogP contribution in [0.4, 0.5) is 4.79 Å².